The number of hydrogen-bond donors (Lipinski definition) is 4. The predicted molar refractivity (Wildman–Crippen MR) is 49.2 cm³/mol. The van der Waals surface area contributed by atoms with Crippen LogP contribution in [0.15, 0.2) is 0 Å². The van der Waals surface area contributed by atoms with Gasteiger partial charge in [0.15, 0.2) is 6.29 Å². The molecule has 5 atom stereocenters. The molecule has 1 aliphatic heterocycles. The van der Waals surface area contributed by atoms with Gasteiger partial charge in [-0.3, -0.25) is 9.09 Å². The van der Waals surface area contributed by atoms with E-state index in [1.165, 1.54) is 6.92 Å². The summed E-state index contributed by atoms with van der Waals surface area (Å²) in [6, 6.07) is 0. The van der Waals surface area contributed by atoms with E-state index in [2.05, 4.69) is 4.52 Å². The van der Waals surface area contributed by atoms with Gasteiger partial charge >= 0.3 is 7.60 Å². The van der Waals surface area contributed by atoms with Crippen molar-refractivity contribution in [3.05, 3.63) is 0 Å². The number of aliphatic hydroxyl groups excluding tert-OH is 3. The monoisotopic (exact) mass is 242 g/mol. The predicted octanol–water partition coefficient (Wildman–Crippen LogP) is -1.35. The van der Waals surface area contributed by atoms with Crippen molar-refractivity contribution in [3.63, 3.8) is 0 Å². The number of ether oxygens (including phenoxy) is 1. The summed E-state index contributed by atoms with van der Waals surface area (Å²) in [6.45, 7) is 0.946. The fourth-order valence-corrected chi connectivity index (χ4v) is 1.84. The molecule has 8 heteroatoms. The van der Waals surface area contributed by atoms with Crippen molar-refractivity contribution in [1.82, 2.24) is 0 Å². The number of rotatable bonds is 4. The van der Waals surface area contributed by atoms with Gasteiger partial charge in [-0.25, -0.2) is 0 Å². The van der Waals surface area contributed by atoms with Gasteiger partial charge in [-0.2, -0.15) is 0 Å². The number of aliphatic hydroxyl groups is 3. The highest BCUT2D eigenvalue weighted by Gasteiger charge is 2.45. The summed E-state index contributed by atoms with van der Waals surface area (Å²) in [7, 11) is -3.80. The van der Waals surface area contributed by atoms with Gasteiger partial charge < -0.3 is 24.9 Å². The van der Waals surface area contributed by atoms with E-state index < -0.39 is 38.8 Å². The van der Waals surface area contributed by atoms with E-state index in [0.29, 0.717) is 0 Å². The van der Waals surface area contributed by atoms with Crippen LogP contribution < -0.4 is 0 Å². The molecule has 4 N–H and O–H groups in total. The fourth-order valence-electron chi connectivity index (χ4n) is 1.19. The molecule has 0 aromatic carbocycles. The zero-order chi connectivity index (χ0) is 11.6. The molecule has 1 fully saturated rings. The van der Waals surface area contributed by atoms with Crippen molar-refractivity contribution in [2.75, 3.05) is 12.8 Å². The molecule has 1 aliphatic rings. The zero-order valence-electron chi connectivity index (χ0n) is 8.18. The molecule has 90 valence electrons. The zero-order valence-corrected chi connectivity index (χ0v) is 9.08. The Morgan fingerprint density at radius 3 is 2.40 bits per heavy atom. The second kappa shape index (κ2) is 4.88. The smallest absolute Gasteiger partial charge is 0.330 e. The Kier molecular flexibility index (Phi) is 4.25. The van der Waals surface area contributed by atoms with E-state index in [4.69, 9.17) is 14.7 Å². The Hall–Kier alpha value is -0.0100. The summed E-state index contributed by atoms with van der Waals surface area (Å²) in [5, 5.41) is 27.4. The molecule has 0 aromatic rings. The van der Waals surface area contributed by atoms with Crippen LogP contribution in [0.5, 0.6) is 0 Å². The highest BCUT2D eigenvalue weighted by molar-refractivity contribution is 7.52. The lowest BCUT2D eigenvalue weighted by Crippen LogP contribution is -2.34. The third-order valence-electron chi connectivity index (χ3n) is 2.17. The second-order valence-corrected chi connectivity index (χ2v) is 5.38. The highest BCUT2D eigenvalue weighted by Crippen LogP contribution is 2.44. The molecule has 7 nitrogen and oxygen atoms in total. The highest BCUT2D eigenvalue weighted by atomic mass is 31.2. The Bertz CT molecular complexity index is 258. The summed E-state index contributed by atoms with van der Waals surface area (Å²) in [5.41, 5.74) is 0. The Labute approximate surface area is 86.8 Å². The van der Waals surface area contributed by atoms with E-state index >= 15 is 0 Å². The van der Waals surface area contributed by atoms with Crippen LogP contribution in [0.4, 0.5) is 0 Å². The average Bonchev–Trinajstić information content (AvgIpc) is 2.45. The van der Waals surface area contributed by atoms with Crippen molar-refractivity contribution < 1.29 is 34.0 Å². The molecule has 1 rings (SSSR count). The van der Waals surface area contributed by atoms with Crippen LogP contribution in [0.25, 0.3) is 0 Å². The van der Waals surface area contributed by atoms with E-state index in [9.17, 15) is 14.8 Å². The maximum atomic E-state index is 11.2. The van der Waals surface area contributed by atoms with Gasteiger partial charge in [0, 0.05) is 6.16 Å². The van der Waals surface area contributed by atoms with Gasteiger partial charge in [0.2, 0.25) is 0 Å². The summed E-state index contributed by atoms with van der Waals surface area (Å²) in [6.07, 6.45) is -5.26. The van der Waals surface area contributed by atoms with Crippen molar-refractivity contribution in [1.29, 1.82) is 0 Å². The lowest BCUT2D eigenvalue weighted by molar-refractivity contribution is -0.120. The lowest BCUT2D eigenvalue weighted by Gasteiger charge is -2.18. The van der Waals surface area contributed by atoms with Gasteiger partial charge in [0.25, 0.3) is 0 Å². The quantitative estimate of drug-likeness (QED) is 0.450. The average molecular weight is 242 g/mol. The minimum absolute atomic E-state index is 0.126. The van der Waals surface area contributed by atoms with Gasteiger partial charge in [-0.1, -0.05) is 6.92 Å². The summed E-state index contributed by atoms with van der Waals surface area (Å²) in [4.78, 5) is 9.14. The summed E-state index contributed by atoms with van der Waals surface area (Å²) < 4.78 is 20.7. The van der Waals surface area contributed by atoms with Crippen LogP contribution in [0.3, 0.4) is 0 Å². The molecule has 1 saturated heterocycles. The number of hydrogen-bond acceptors (Lipinski definition) is 6. The normalized spacial score (nSPS) is 40.3. The van der Waals surface area contributed by atoms with Crippen LogP contribution in [0.1, 0.15) is 6.92 Å². The molecular formula is C7H15O7P. The van der Waals surface area contributed by atoms with Crippen molar-refractivity contribution in [2.24, 2.45) is 0 Å². The van der Waals surface area contributed by atoms with E-state index in [-0.39, 0.29) is 6.16 Å². The van der Waals surface area contributed by atoms with Gasteiger partial charge in [0.1, 0.15) is 18.3 Å². The van der Waals surface area contributed by atoms with Crippen molar-refractivity contribution >= 4 is 7.60 Å². The Morgan fingerprint density at radius 2 is 2.00 bits per heavy atom. The molecule has 1 heterocycles. The van der Waals surface area contributed by atoms with Crippen LogP contribution in [-0.4, -0.2) is 57.6 Å². The van der Waals surface area contributed by atoms with Crippen LogP contribution in [-0.2, 0) is 13.8 Å². The summed E-state index contributed by atoms with van der Waals surface area (Å²) in [5.74, 6) is 0. The van der Waals surface area contributed by atoms with E-state index in [0.717, 1.165) is 0 Å². The molecule has 0 bridgehead atoms. The maximum Gasteiger partial charge on any atom is 0.330 e. The molecule has 0 amide bonds. The first kappa shape index (κ1) is 13.1. The minimum atomic E-state index is -3.80. The molecule has 0 saturated carbocycles. The lowest BCUT2D eigenvalue weighted by atomic mass is 10.1. The van der Waals surface area contributed by atoms with Gasteiger partial charge in [-0.05, 0) is 0 Å². The first-order valence-corrected chi connectivity index (χ1v) is 6.30. The first-order valence-electron chi connectivity index (χ1n) is 4.54. The molecule has 15 heavy (non-hydrogen) atoms. The van der Waals surface area contributed by atoms with Crippen LogP contribution >= 0.6 is 7.60 Å². The molecule has 0 radical (unpaired) electrons. The molecule has 0 aliphatic carbocycles. The minimum Gasteiger partial charge on any atom is -0.394 e. The van der Waals surface area contributed by atoms with Crippen molar-refractivity contribution in [3.8, 4) is 0 Å². The third-order valence-corrected chi connectivity index (χ3v) is 3.50. The van der Waals surface area contributed by atoms with Crippen LogP contribution in [0.2, 0.25) is 0 Å². The maximum absolute atomic E-state index is 11.2. The summed E-state index contributed by atoms with van der Waals surface area (Å²) >= 11 is 0. The second-order valence-electron chi connectivity index (χ2n) is 3.27. The third kappa shape index (κ3) is 2.98. The van der Waals surface area contributed by atoms with E-state index in [1.807, 2.05) is 0 Å². The topological polar surface area (TPSA) is 116 Å². The van der Waals surface area contributed by atoms with Gasteiger partial charge in [0.05, 0.1) is 6.61 Å². The van der Waals surface area contributed by atoms with Gasteiger partial charge in [-0.15, -0.1) is 0 Å². The largest absolute Gasteiger partial charge is 0.394 e. The van der Waals surface area contributed by atoms with E-state index in [1.54, 1.807) is 0 Å². The Balaban J connectivity index is 2.62. The van der Waals surface area contributed by atoms with Crippen molar-refractivity contribution in [2.45, 2.75) is 31.5 Å². The SMILES string of the molecule is CCP(=O)(O)O[C@@H]1O[C@H](CO)[C@@H](O)[C@H]1O. The Morgan fingerprint density at radius 1 is 1.40 bits per heavy atom. The first-order chi connectivity index (χ1) is 6.91. The molecule has 0 aromatic heterocycles. The fraction of sp³-hybridized carbons (Fsp3) is 1.00. The molecule has 1 unspecified atom stereocenters. The standard InChI is InChI=1S/C7H15O7P/c1-2-15(11,12)14-7-6(10)5(9)4(3-8)13-7/h4-10H,2-3H2,1H3,(H,11,12)/t4-,5-,6-,7+/m1/s1. The molecule has 0 spiro atoms. The molecular weight excluding hydrogens is 227 g/mol. The van der Waals surface area contributed by atoms with Crippen LogP contribution in [0, 0.1) is 0 Å².